The summed E-state index contributed by atoms with van der Waals surface area (Å²) in [6.07, 6.45) is 10.8. The third kappa shape index (κ3) is 2.48. The van der Waals surface area contributed by atoms with E-state index in [1.807, 2.05) is 0 Å². The average molecular weight is 247 g/mol. The summed E-state index contributed by atoms with van der Waals surface area (Å²) in [5, 5.41) is 0. The molecule has 0 radical (unpaired) electrons. The number of hydrogen-bond acceptors (Lipinski definition) is 4. The quantitative estimate of drug-likeness (QED) is 0.812. The molecule has 2 aliphatic carbocycles. The zero-order valence-corrected chi connectivity index (χ0v) is 10.8. The van der Waals surface area contributed by atoms with Crippen LogP contribution in [0, 0.1) is 0 Å². The predicted molar refractivity (Wildman–Crippen MR) is 69.5 cm³/mol. The van der Waals surface area contributed by atoms with Crippen molar-refractivity contribution in [3.63, 3.8) is 0 Å². The van der Waals surface area contributed by atoms with Gasteiger partial charge >= 0.3 is 0 Å². The van der Waals surface area contributed by atoms with Crippen LogP contribution in [0.15, 0.2) is 6.33 Å². The third-order valence-electron chi connectivity index (χ3n) is 4.04. The highest BCUT2D eigenvalue weighted by Crippen LogP contribution is 2.29. The Morgan fingerprint density at radius 2 is 2.00 bits per heavy atom. The topological polar surface area (TPSA) is 61.0 Å². The Morgan fingerprint density at radius 3 is 2.83 bits per heavy atom. The first-order chi connectivity index (χ1) is 8.83. The molecule has 98 valence electrons. The van der Waals surface area contributed by atoms with Crippen LogP contribution < -0.4 is 10.5 Å². The maximum absolute atomic E-state index is 6.07. The molecule has 1 aromatic rings. The number of nitrogens with zero attached hydrogens (tertiary/aromatic N) is 2. The number of hydrogen-bond donors (Lipinski definition) is 1. The number of aromatic nitrogens is 2. The van der Waals surface area contributed by atoms with Crippen LogP contribution in [0.2, 0.25) is 0 Å². The molecule has 0 spiro atoms. The number of nitrogens with two attached hydrogens (primary N) is 1. The molecule has 0 saturated heterocycles. The molecule has 0 bridgehead atoms. The van der Waals surface area contributed by atoms with Crippen molar-refractivity contribution in [3.8, 4) is 5.88 Å². The van der Waals surface area contributed by atoms with Gasteiger partial charge in [0.2, 0.25) is 5.88 Å². The van der Waals surface area contributed by atoms with Crippen LogP contribution in [-0.4, -0.2) is 22.1 Å². The molecule has 4 nitrogen and oxygen atoms in total. The van der Waals surface area contributed by atoms with Crippen molar-refractivity contribution in [2.24, 2.45) is 5.73 Å². The number of aryl methyl sites for hydroxylation is 1. The Balaban J connectivity index is 1.79. The third-order valence-corrected chi connectivity index (χ3v) is 4.04. The monoisotopic (exact) mass is 247 g/mol. The van der Waals surface area contributed by atoms with Crippen molar-refractivity contribution >= 4 is 0 Å². The van der Waals surface area contributed by atoms with E-state index in [0.717, 1.165) is 38.0 Å². The van der Waals surface area contributed by atoms with Crippen molar-refractivity contribution in [2.75, 3.05) is 0 Å². The van der Waals surface area contributed by atoms with Crippen molar-refractivity contribution in [1.29, 1.82) is 0 Å². The van der Waals surface area contributed by atoms with E-state index in [0.29, 0.717) is 6.04 Å². The van der Waals surface area contributed by atoms with E-state index in [4.69, 9.17) is 10.5 Å². The van der Waals surface area contributed by atoms with Crippen LogP contribution in [-0.2, 0) is 12.8 Å². The minimum Gasteiger partial charge on any atom is -0.474 e. The first-order valence-electron chi connectivity index (χ1n) is 7.08. The lowest BCUT2D eigenvalue weighted by Crippen LogP contribution is -2.20. The molecule has 2 unspecified atom stereocenters. The summed E-state index contributed by atoms with van der Waals surface area (Å²) in [4.78, 5) is 8.76. The lowest BCUT2D eigenvalue weighted by molar-refractivity contribution is 0.197. The lowest BCUT2D eigenvalue weighted by atomic mass is 10.1. The highest BCUT2D eigenvalue weighted by atomic mass is 16.5. The summed E-state index contributed by atoms with van der Waals surface area (Å²) in [5.41, 5.74) is 8.37. The van der Waals surface area contributed by atoms with Crippen molar-refractivity contribution in [3.05, 3.63) is 17.6 Å². The van der Waals surface area contributed by atoms with E-state index in [-0.39, 0.29) is 6.10 Å². The van der Waals surface area contributed by atoms with Gasteiger partial charge in [0.15, 0.2) is 0 Å². The van der Waals surface area contributed by atoms with Crippen LogP contribution in [0.25, 0.3) is 0 Å². The molecule has 2 aliphatic rings. The van der Waals surface area contributed by atoms with Gasteiger partial charge in [-0.3, -0.25) is 0 Å². The Labute approximate surface area is 108 Å². The molecule has 4 heteroatoms. The summed E-state index contributed by atoms with van der Waals surface area (Å²) in [7, 11) is 0. The van der Waals surface area contributed by atoms with Crippen molar-refractivity contribution < 1.29 is 4.74 Å². The van der Waals surface area contributed by atoms with Gasteiger partial charge in [-0.2, -0.15) is 0 Å². The number of rotatable bonds is 2. The molecule has 3 rings (SSSR count). The van der Waals surface area contributed by atoms with Crippen LogP contribution in [0.1, 0.15) is 49.8 Å². The first-order valence-corrected chi connectivity index (χ1v) is 7.08. The maximum Gasteiger partial charge on any atom is 0.220 e. The zero-order chi connectivity index (χ0) is 12.4. The van der Waals surface area contributed by atoms with E-state index < -0.39 is 0 Å². The van der Waals surface area contributed by atoms with Crippen molar-refractivity contribution in [2.45, 2.75) is 63.5 Å². The minimum atomic E-state index is 0.252. The zero-order valence-electron chi connectivity index (χ0n) is 10.8. The Bertz CT molecular complexity index is 422. The van der Waals surface area contributed by atoms with Gasteiger partial charge < -0.3 is 10.5 Å². The van der Waals surface area contributed by atoms with Gasteiger partial charge in [-0.15, -0.1) is 0 Å². The molecule has 2 atom stereocenters. The highest BCUT2D eigenvalue weighted by Gasteiger charge is 2.25. The van der Waals surface area contributed by atoms with E-state index in [9.17, 15) is 0 Å². The summed E-state index contributed by atoms with van der Waals surface area (Å²) < 4.78 is 6.07. The molecule has 1 saturated carbocycles. The molecule has 1 aromatic heterocycles. The van der Waals surface area contributed by atoms with Crippen LogP contribution in [0.4, 0.5) is 0 Å². The maximum atomic E-state index is 6.07. The molecule has 0 aliphatic heterocycles. The summed E-state index contributed by atoms with van der Waals surface area (Å²) in [6, 6.07) is 0.301. The summed E-state index contributed by atoms with van der Waals surface area (Å²) in [6.45, 7) is 0. The lowest BCUT2D eigenvalue weighted by Gasteiger charge is -2.16. The van der Waals surface area contributed by atoms with Crippen LogP contribution in [0.3, 0.4) is 0 Å². The van der Waals surface area contributed by atoms with Gasteiger partial charge in [0.1, 0.15) is 12.4 Å². The predicted octanol–water partition coefficient (Wildman–Crippen LogP) is 2.00. The Kier molecular flexibility index (Phi) is 3.46. The summed E-state index contributed by atoms with van der Waals surface area (Å²) >= 11 is 0. The minimum absolute atomic E-state index is 0.252. The molecular weight excluding hydrogens is 226 g/mol. The molecule has 0 aromatic carbocycles. The fraction of sp³-hybridized carbons (Fsp3) is 0.714. The molecule has 1 heterocycles. The second-order valence-electron chi connectivity index (χ2n) is 5.48. The van der Waals surface area contributed by atoms with Crippen molar-refractivity contribution in [1.82, 2.24) is 9.97 Å². The van der Waals surface area contributed by atoms with E-state index in [1.165, 1.54) is 30.5 Å². The van der Waals surface area contributed by atoms with Gasteiger partial charge in [0, 0.05) is 11.6 Å². The van der Waals surface area contributed by atoms with Gasteiger partial charge in [0.25, 0.3) is 0 Å². The standard InChI is InChI=1S/C14H21N3O/c15-10-6-7-11(8-10)18-14-12-4-2-1-3-5-13(12)16-9-17-14/h9-11H,1-8,15H2. The smallest absolute Gasteiger partial charge is 0.220 e. The molecule has 2 N–H and O–H groups in total. The van der Waals surface area contributed by atoms with Gasteiger partial charge in [-0.25, -0.2) is 9.97 Å². The Morgan fingerprint density at radius 1 is 1.11 bits per heavy atom. The number of fused-ring (bicyclic) bond motifs is 1. The second kappa shape index (κ2) is 5.22. The Hall–Kier alpha value is -1.16. The largest absolute Gasteiger partial charge is 0.474 e. The SMILES string of the molecule is NC1CCC(Oc2ncnc3c2CCCCC3)C1. The van der Waals surface area contributed by atoms with Gasteiger partial charge in [-0.05, 0) is 44.9 Å². The van der Waals surface area contributed by atoms with E-state index in [2.05, 4.69) is 9.97 Å². The molecular formula is C14H21N3O. The van der Waals surface area contributed by atoms with Crippen LogP contribution in [0.5, 0.6) is 5.88 Å². The summed E-state index contributed by atoms with van der Waals surface area (Å²) in [5.74, 6) is 0.820. The fourth-order valence-corrected chi connectivity index (χ4v) is 3.01. The van der Waals surface area contributed by atoms with Crippen LogP contribution >= 0.6 is 0 Å². The normalized spacial score (nSPS) is 27.6. The first kappa shape index (κ1) is 11.9. The molecule has 0 amide bonds. The molecule has 1 fully saturated rings. The highest BCUT2D eigenvalue weighted by molar-refractivity contribution is 5.31. The van der Waals surface area contributed by atoms with Gasteiger partial charge in [0.05, 0.1) is 5.69 Å². The van der Waals surface area contributed by atoms with Gasteiger partial charge in [-0.1, -0.05) is 6.42 Å². The molecule has 18 heavy (non-hydrogen) atoms. The second-order valence-corrected chi connectivity index (χ2v) is 5.48. The average Bonchev–Trinajstić information content (AvgIpc) is 2.65. The van der Waals surface area contributed by atoms with E-state index in [1.54, 1.807) is 6.33 Å². The fourth-order valence-electron chi connectivity index (χ4n) is 3.01. The number of ether oxygens (including phenoxy) is 1. The van der Waals surface area contributed by atoms with E-state index >= 15 is 0 Å².